The molecule has 3 rings (SSSR count). The Morgan fingerprint density at radius 1 is 1.29 bits per heavy atom. The van der Waals surface area contributed by atoms with E-state index >= 15 is 0 Å². The zero-order valence-electron chi connectivity index (χ0n) is 12.2. The van der Waals surface area contributed by atoms with E-state index in [0.29, 0.717) is 17.6 Å². The summed E-state index contributed by atoms with van der Waals surface area (Å²) in [5.74, 6) is 1.64. The molecular formula is C18H20Br2O. The Bertz CT molecular complexity index is 591. The number of rotatable bonds is 3. The van der Waals surface area contributed by atoms with Gasteiger partial charge in [0.05, 0.1) is 0 Å². The second-order valence-corrected chi connectivity index (χ2v) is 7.38. The number of hydrogen-bond acceptors (Lipinski definition) is 1. The number of ketones is 1. The molecule has 2 aliphatic carbocycles. The van der Waals surface area contributed by atoms with Gasteiger partial charge in [0.25, 0.3) is 0 Å². The smallest absolute Gasteiger partial charge is 0.132 e. The van der Waals surface area contributed by atoms with Gasteiger partial charge in [-0.25, -0.2) is 0 Å². The lowest BCUT2D eigenvalue weighted by molar-refractivity contribution is -0.121. The molecule has 0 aromatic heterocycles. The molecule has 112 valence electrons. The maximum atomic E-state index is 11.8. The average Bonchev–Trinajstić information content (AvgIpc) is 2.51. The Kier molecular flexibility index (Phi) is 4.70. The van der Waals surface area contributed by atoms with Crippen molar-refractivity contribution in [1.82, 2.24) is 0 Å². The fourth-order valence-electron chi connectivity index (χ4n) is 4.07. The molecule has 3 atom stereocenters. The highest BCUT2D eigenvalue weighted by Gasteiger charge is 2.39. The molecule has 1 aromatic rings. The number of allylic oxidation sites excluding steroid dienone is 2. The SMILES string of the molecule is CC(=O)C1CCC2=C(CBr)c3ccccc3C(CBr)C2C1. The van der Waals surface area contributed by atoms with Gasteiger partial charge < -0.3 is 0 Å². The predicted octanol–water partition coefficient (Wildman–Crippen LogP) is 5.33. The van der Waals surface area contributed by atoms with Crippen molar-refractivity contribution in [3.05, 3.63) is 41.0 Å². The van der Waals surface area contributed by atoms with E-state index in [4.69, 9.17) is 0 Å². The number of Topliss-reactive ketones (excluding diaryl/α,β-unsaturated/α-hetero) is 1. The van der Waals surface area contributed by atoms with Crippen LogP contribution < -0.4 is 0 Å². The van der Waals surface area contributed by atoms with E-state index in [-0.39, 0.29) is 5.92 Å². The quantitative estimate of drug-likeness (QED) is 0.614. The average molecular weight is 412 g/mol. The molecule has 0 amide bonds. The highest BCUT2D eigenvalue weighted by molar-refractivity contribution is 9.09. The molecule has 1 saturated carbocycles. The zero-order valence-corrected chi connectivity index (χ0v) is 15.4. The summed E-state index contributed by atoms with van der Waals surface area (Å²) < 4.78 is 0. The Morgan fingerprint density at radius 3 is 2.71 bits per heavy atom. The Balaban J connectivity index is 2.09. The Hall–Kier alpha value is -0.410. The summed E-state index contributed by atoms with van der Waals surface area (Å²) in [6, 6.07) is 8.78. The molecule has 1 aromatic carbocycles. The van der Waals surface area contributed by atoms with Gasteiger partial charge in [-0.2, -0.15) is 0 Å². The van der Waals surface area contributed by atoms with Crippen LogP contribution in [0.15, 0.2) is 29.8 Å². The van der Waals surface area contributed by atoms with Crippen molar-refractivity contribution in [2.45, 2.75) is 32.1 Å². The molecule has 0 N–H and O–H groups in total. The largest absolute Gasteiger partial charge is 0.300 e. The number of halogens is 2. The van der Waals surface area contributed by atoms with Gasteiger partial charge >= 0.3 is 0 Å². The summed E-state index contributed by atoms with van der Waals surface area (Å²) in [5.41, 5.74) is 5.91. The molecule has 0 aliphatic heterocycles. The molecule has 0 saturated heterocycles. The number of fused-ring (bicyclic) bond motifs is 2. The van der Waals surface area contributed by atoms with E-state index in [2.05, 4.69) is 56.1 Å². The van der Waals surface area contributed by atoms with Crippen molar-refractivity contribution < 1.29 is 4.79 Å². The second-order valence-electron chi connectivity index (χ2n) is 6.17. The van der Waals surface area contributed by atoms with Crippen LogP contribution in [0, 0.1) is 11.8 Å². The maximum absolute atomic E-state index is 11.8. The maximum Gasteiger partial charge on any atom is 0.132 e. The number of hydrogen-bond donors (Lipinski definition) is 0. The van der Waals surface area contributed by atoms with E-state index in [1.807, 2.05) is 0 Å². The molecule has 2 aliphatic rings. The van der Waals surface area contributed by atoms with Crippen molar-refractivity contribution in [3.63, 3.8) is 0 Å². The fourth-order valence-corrected chi connectivity index (χ4v) is 5.53. The monoisotopic (exact) mass is 410 g/mol. The minimum Gasteiger partial charge on any atom is -0.300 e. The van der Waals surface area contributed by atoms with Crippen molar-refractivity contribution >= 4 is 43.2 Å². The summed E-state index contributed by atoms with van der Waals surface area (Å²) in [6.45, 7) is 1.75. The lowest BCUT2D eigenvalue weighted by Crippen LogP contribution is -2.31. The van der Waals surface area contributed by atoms with Crippen molar-refractivity contribution in [2.24, 2.45) is 11.8 Å². The normalized spacial score (nSPS) is 28.0. The van der Waals surface area contributed by atoms with Gasteiger partial charge in [0.2, 0.25) is 0 Å². The van der Waals surface area contributed by atoms with Gasteiger partial charge in [-0.15, -0.1) is 0 Å². The molecule has 0 radical (unpaired) electrons. The first-order valence-electron chi connectivity index (χ1n) is 7.61. The second kappa shape index (κ2) is 6.37. The molecule has 1 nitrogen and oxygen atoms in total. The fraction of sp³-hybridized carbons (Fsp3) is 0.500. The third-order valence-corrected chi connectivity index (χ3v) is 6.44. The van der Waals surface area contributed by atoms with E-state index in [0.717, 1.165) is 29.9 Å². The molecule has 0 heterocycles. The molecule has 0 spiro atoms. The Labute approximate surface area is 143 Å². The first-order valence-corrected chi connectivity index (χ1v) is 9.85. The van der Waals surface area contributed by atoms with Crippen molar-refractivity contribution in [2.75, 3.05) is 10.7 Å². The Morgan fingerprint density at radius 2 is 2.05 bits per heavy atom. The van der Waals surface area contributed by atoms with Crippen LogP contribution in [0.4, 0.5) is 0 Å². The highest BCUT2D eigenvalue weighted by Crippen LogP contribution is 2.51. The van der Waals surface area contributed by atoms with Gasteiger partial charge in [0, 0.05) is 22.5 Å². The van der Waals surface area contributed by atoms with Crippen LogP contribution in [-0.2, 0) is 4.79 Å². The predicted molar refractivity (Wildman–Crippen MR) is 95.2 cm³/mol. The van der Waals surface area contributed by atoms with Crippen LogP contribution in [0.1, 0.15) is 43.2 Å². The number of carbonyl (C=O) groups is 1. The van der Waals surface area contributed by atoms with Crippen molar-refractivity contribution in [3.8, 4) is 0 Å². The van der Waals surface area contributed by atoms with Crippen LogP contribution in [0.5, 0.6) is 0 Å². The summed E-state index contributed by atoms with van der Waals surface area (Å²) in [5, 5.41) is 1.88. The number of alkyl halides is 2. The van der Waals surface area contributed by atoms with Crippen LogP contribution in [0.25, 0.3) is 5.57 Å². The van der Waals surface area contributed by atoms with E-state index in [1.165, 1.54) is 16.7 Å². The standard InChI is InChI=1S/C18H20Br2O/c1-11(21)12-6-7-15-16(8-12)18(10-20)14-5-3-2-4-13(14)17(15)9-19/h2-5,12,16,18H,6-10H2,1H3. The molecule has 3 heteroatoms. The lowest BCUT2D eigenvalue weighted by Gasteiger charge is -2.41. The van der Waals surface area contributed by atoms with Crippen LogP contribution >= 0.6 is 31.9 Å². The minimum atomic E-state index is 0.252. The lowest BCUT2D eigenvalue weighted by atomic mass is 9.64. The first kappa shape index (κ1) is 15.5. The van der Waals surface area contributed by atoms with Crippen molar-refractivity contribution in [1.29, 1.82) is 0 Å². The van der Waals surface area contributed by atoms with Gasteiger partial charge in [0.15, 0.2) is 0 Å². The zero-order chi connectivity index (χ0) is 15.0. The topological polar surface area (TPSA) is 17.1 Å². The molecule has 0 bridgehead atoms. The summed E-state index contributed by atoms with van der Waals surface area (Å²) in [7, 11) is 0. The summed E-state index contributed by atoms with van der Waals surface area (Å²) >= 11 is 7.41. The molecular weight excluding hydrogens is 392 g/mol. The minimum absolute atomic E-state index is 0.252. The van der Waals surface area contributed by atoms with Crippen LogP contribution in [-0.4, -0.2) is 16.4 Å². The van der Waals surface area contributed by atoms with Crippen LogP contribution in [0.2, 0.25) is 0 Å². The highest BCUT2D eigenvalue weighted by atomic mass is 79.9. The molecule has 21 heavy (non-hydrogen) atoms. The van der Waals surface area contributed by atoms with E-state index in [9.17, 15) is 4.79 Å². The third kappa shape index (κ3) is 2.68. The number of benzene rings is 1. The molecule has 3 unspecified atom stereocenters. The summed E-state index contributed by atoms with van der Waals surface area (Å²) in [4.78, 5) is 11.8. The van der Waals surface area contributed by atoms with E-state index in [1.54, 1.807) is 12.5 Å². The first-order chi connectivity index (χ1) is 10.2. The summed E-state index contributed by atoms with van der Waals surface area (Å²) in [6.07, 6.45) is 3.12. The van der Waals surface area contributed by atoms with Gasteiger partial charge in [-0.1, -0.05) is 61.7 Å². The van der Waals surface area contributed by atoms with Gasteiger partial charge in [-0.05, 0) is 48.8 Å². The third-order valence-electron chi connectivity index (χ3n) is 5.18. The van der Waals surface area contributed by atoms with Crippen LogP contribution in [0.3, 0.4) is 0 Å². The van der Waals surface area contributed by atoms with Gasteiger partial charge in [0.1, 0.15) is 5.78 Å². The van der Waals surface area contributed by atoms with Gasteiger partial charge in [-0.3, -0.25) is 4.79 Å². The number of carbonyl (C=O) groups excluding carboxylic acids is 1. The molecule has 1 fully saturated rings. The van der Waals surface area contributed by atoms with E-state index < -0.39 is 0 Å².